The molecule has 23 aromatic rings. The first kappa shape index (κ1) is 73.9. The van der Waals surface area contributed by atoms with Gasteiger partial charge in [0.15, 0.2) is 0 Å². The van der Waals surface area contributed by atoms with Crippen molar-refractivity contribution in [2.24, 2.45) is 0 Å². The van der Waals surface area contributed by atoms with Crippen LogP contribution in [0.1, 0.15) is 40.1 Å². The van der Waals surface area contributed by atoms with Crippen molar-refractivity contribution in [3.05, 3.63) is 533 Å². The molecule has 142 heavy (non-hydrogen) atoms. The third-order valence-electron chi connectivity index (χ3n) is 26.8. The Labute approximate surface area is 848 Å². The SMILES string of the molecule is [2H]c1nc(-c2ccc(-c3ccccc3-c3cc(-c4ccccc4-c4ccc(-c5cc(C([2H])([2H])[2H])c(-c6ccccc6)cn5)cc4)cc(-c4ccccc4-c4ccc(-c5cc(C([2H])([2H])[2H])c(-c6ccccc6)cn5)cc4)c3)cc2)cc(-c2ccc(-c3ccccc3-c3cc(-c4ccccc4-c4ccc(-c5cc(C([2H])([2H])[2H])c(-c6ccccc6)cn5)cc4)cc(-c4ccccc4-c4ccc(-c5cc(C([2H])([2H])[2H])c(-c6ccccc6)cn5)cc4)c3)cc2)n1. The van der Waals surface area contributed by atoms with Gasteiger partial charge in [0.25, 0.3) is 0 Å². The van der Waals surface area contributed by atoms with Gasteiger partial charge in [-0.15, -0.1) is 0 Å². The number of nitrogens with zero attached hydrogens (tertiary/aromatic N) is 6. The average molecular weight is 1830 g/mol. The van der Waals surface area contributed by atoms with Gasteiger partial charge in [-0.25, -0.2) is 9.97 Å². The molecule has 0 aliphatic rings. The number of aromatic nitrogens is 6. The number of hydrogen-bond donors (Lipinski definition) is 0. The highest BCUT2D eigenvalue weighted by molar-refractivity contribution is 5.98. The number of rotatable bonds is 22. The van der Waals surface area contributed by atoms with E-state index in [1.807, 2.05) is 200 Å². The Hall–Kier alpha value is -18.4. The number of aryl methyl sites for hydroxylation is 4. The molecule has 0 bridgehead atoms. The molecular weight excluding hydrogens is 1720 g/mol. The van der Waals surface area contributed by atoms with E-state index >= 15 is 0 Å². The summed E-state index contributed by atoms with van der Waals surface area (Å²) >= 11 is 0. The molecule has 23 rings (SSSR count). The fourth-order valence-electron chi connectivity index (χ4n) is 19.5. The topological polar surface area (TPSA) is 77.3 Å². The molecule has 6 nitrogen and oxygen atoms in total. The quantitative estimate of drug-likeness (QED) is 0.0673. The summed E-state index contributed by atoms with van der Waals surface area (Å²) in [7, 11) is 0. The third-order valence-corrected chi connectivity index (χ3v) is 26.8. The van der Waals surface area contributed by atoms with Gasteiger partial charge in [0.2, 0.25) is 0 Å². The Morgan fingerprint density at radius 3 is 0.437 bits per heavy atom. The minimum atomic E-state index is -2.40. The molecule has 0 amide bonds. The van der Waals surface area contributed by atoms with Gasteiger partial charge in [-0.2, -0.15) is 0 Å². The molecule has 6 heteroatoms. The maximum atomic E-state index is 9.22. The van der Waals surface area contributed by atoms with Crippen LogP contribution in [0.5, 0.6) is 0 Å². The molecule has 5 heterocycles. The lowest BCUT2D eigenvalue weighted by Gasteiger charge is -2.18. The van der Waals surface area contributed by atoms with Crippen molar-refractivity contribution < 1.29 is 17.8 Å². The third kappa shape index (κ3) is 18.0. The monoisotopic (exact) mass is 1830 g/mol. The summed E-state index contributed by atoms with van der Waals surface area (Å²) in [5, 5.41) is 0. The lowest BCUT2D eigenvalue weighted by Crippen LogP contribution is -1.93. The summed E-state index contributed by atoms with van der Waals surface area (Å²) in [6.45, 7) is -9.59. The fourth-order valence-corrected chi connectivity index (χ4v) is 19.5. The van der Waals surface area contributed by atoms with Crippen LogP contribution >= 0.6 is 0 Å². The standard InChI is InChI=1S/C136H96N6/c1-89-73-131(137-84-127(89)93-29-9-5-10-30-93)103-61-49-97(50-62-103)115-37-17-23-43-121(115)109-77-110(122-44-24-18-38-116(122)98-51-63-104(64-52-98)132-74-90(2)128(85-138-132)94-31-11-6-12-32-94)80-113(79-109)125-47-27-21-41-119(125)101-57-69-107(70-58-101)135-83-136(142-88-141-135)108-71-59-102(60-72-108)120-42-22-28-48-126(120)114-81-111(123-45-25-19-39-117(123)99-53-65-105(66-54-99)133-75-91(3)129(86-139-133)95-33-13-7-14-34-95)78-112(82-114)124-46-26-20-40-118(124)100-55-67-106(68-56-100)134-76-92(4)130(87-140-134)96-35-15-8-16-36-96/h5-88H,1-4H3/i1D3,2D3,3D3,4D3,88D. The first-order valence-corrected chi connectivity index (χ1v) is 47.4. The molecule has 0 radical (unpaired) electrons. The highest BCUT2D eigenvalue weighted by Gasteiger charge is 2.23. The van der Waals surface area contributed by atoms with Gasteiger partial charge >= 0.3 is 0 Å². The van der Waals surface area contributed by atoms with Gasteiger partial charge in [0, 0.05) is 96.9 Å². The van der Waals surface area contributed by atoms with E-state index in [-0.39, 0.29) is 28.6 Å². The second kappa shape index (κ2) is 39.0. The zero-order valence-electron chi connectivity index (χ0n) is 90.1. The van der Waals surface area contributed by atoms with Crippen molar-refractivity contribution in [3.63, 3.8) is 0 Å². The molecule has 0 aliphatic heterocycles. The van der Waals surface area contributed by atoms with Crippen LogP contribution in [-0.4, -0.2) is 29.9 Å². The molecule has 5 aromatic heterocycles. The van der Waals surface area contributed by atoms with Crippen LogP contribution in [0.4, 0.5) is 0 Å². The van der Waals surface area contributed by atoms with Crippen LogP contribution in [0, 0.1) is 27.4 Å². The predicted molar refractivity (Wildman–Crippen MR) is 592 cm³/mol. The summed E-state index contributed by atoms with van der Waals surface area (Å²) in [6.07, 6.45) is 6.51. The highest BCUT2D eigenvalue weighted by Crippen LogP contribution is 2.48. The molecule has 0 saturated carbocycles. The first-order valence-electron chi connectivity index (χ1n) is 53.9. The smallest absolute Gasteiger partial charge is 0.116 e. The number of pyridine rings is 4. The summed E-state index contributed by atoms with van der Waals surface area (Å²) in [5.74, 6) is 0. The highest BCUT2D eigenvalue weighted by atomic mass is 14.8. The van der Waals surface area contributed by atoms with Crippen molar-refractivity contribution in [3.8, 4) is 246 Å². The van der Waals surface area contributed by atoms with E-state index in [2.05, 4.69) is 255 Å². The van der Waals surface area contributed by atoms with Crippen LogP contribution in [0.3, 0.4) is 0 Å². The minimum Gasteiger partial charge on any atom is -0.256 e. The van der Waals surface area contributed by atoms with E-state index in [4.69, 9.17) is 46.4 Å². The predicted octanol–water partition coefficient (Wildman–Crippen LogP) is 36.0. The molecule has 0 unspecified atom stereocenters. The fraction of sp³-hybridized carbons (Fsp3) is 0.0294. The van der Waals surface area contributed by atoms with Crippen molar-refractivity contribution in [1.82, 2.24) is 29.9 Å². The number of hydrogen-bond acceptors (Lipinski definition) is 6. The van der Waals surface area contributed by atoms with Crippen LogP contribution < -0.4 is 0 Å². The van der Waals surface area contributed by atoms with E-state index in [1.165, 1.54) is 0 Å². The first-order chi connectivity index (χ1) is 75.2. The van der Waals surface area contributed by atoms with Gasteiger partial charge in [-0.1, -0.05) is 413 Å². The van der Waals surface area contributed by atoms with E-state index in [1.54, 1.807) is 49.1 Å². The average Bonchev–Trinajstić information content (AvgIpc) is 0.753. The van der Waals surface area contributed by atoms with Crippen molar-refractivity contribution in [2.75, 3.05) is 0 Å². The number of benzene rings is 18. The second-order valence-electron chi connectivity index (χ2n) is 35.5. The van der Waals surface area contributed by atoms with Gasteiger partial charge < -0.3 is 0 Å². The summed E-state index contributed by atoms with van der Waals surface area (Å²) in [6, 6.07) is 160. The summed E-state index contributed by atoms with van der Waals surface area (Å²) in [4.78, 5) is 28.9. The molecule has 0 saturated heterocycles. The summed E-state index contributed by atoms with van der Waals surface area (Å²) in [5.41, 5.74) is 37.5. The Morgan fingerprint density at radius 1 is 0.127 bits per heavy atom. The molecule has 0 fully saturated rings. The normalized spacial score (nSPS) is 12.9. The Kier molecular flexibility index (Phi) is 20.3. The van der Waals surface area contributed by atoms with Gasteiger partial charge in [-0.05, 0) is 272 Å². The van der Waals surface area contributed by atoms with Crippen LogP contribution in [-0.2, 0) is 0 Å². The zero-order chi connectivity index (χ0) is 106. The Morgan fingerprint density at radius 2 is 0.268 bits per heavy atom. The maximum absolute atomic E-state index is 9.22. The minimum absolute atomic E-state index is 0.133. The van der Waals surface area contributed by atoms with Crippen LogP contribution in [0.2, 0.25) is 0 Å². The zero-order valence-corrected chi connectivity index (χ0v) is 77.1. The van der Waals surface area contributed by atoms with E-state index in [9.17, 15) is 1.37 Å². The Balaban J connectivity index is 0.573. The van der Waals surface area contributed by atoms with Crippen LogP contribution in [0.15, 0.2) is 510 Å². The lowest BCUT2D eigenvalue weighted by molar-refractivity contribution is 1.18. The largest absolute Gasteiger partial charge is 0.256 e. The molecule has 0 N–H and O–H groups in total. The Bertz CT molecular complexity index is 8250. The molecule has 0 atom stereocenters. The van der Waals surface area contributed by atoms with Gasteiger partial charge in [0.1, 0.15) is 7.67 Å². The van der Waals surface area contributed by atoms with Crippen molar-refractivity contribution in [2.45, 2.75) is 27.4 Å². The maximum Gasteiger partial charge on any atom is 0.116 e. The molecule has 0 aliphatic carbocycles. The molecular formula is C136H96N6. The molecule has 670 valence electrons. The van der Waals surface area contributed by atoms with E-state index < -0.39 is 27.4 Å². The second-order valence-corrected chi connectivity index (χ2v) is 35.5. The van der Waals surface area contributed by atoms with Crippen molar-refractivity contribution in [1.29, 1.82) is 0 Å². The summed E-state index contributed by atoms with van der Waals surface area (Å²) < 4.78 is 113. The van der Waals surface area contributed by atoms with Gasteiger partial charge in [-0.3, -0.25) is 19.9 Å². The molecule has 0 spiro atoms. The van der Waals surface area contributed by atoms with Gasteiger partial charge in [0.05, 0.1) is 34.2 Å². The van der Waals surface area contributed by atoms with E-state index in [0.29, 0.717) is 56.4 Å². The lowest BCUT2D eigenvalue weighted by atomic mass is 9.86. The van der Waals surface area contributed by atoms with Crippen molar-refractivity contribution >= 4 is 0 Å². The van der Waals surface area contributed by atoms with E-state index in [0.717, 1.165) is 189 Å². The molecule has 18 aromatic carbocycles. The van der Waals surface area contributed by atoms with Crippen LogP contribution in [0.25, 0.3) is 246 Å².